The van der Waals surface area contributed by atoms with Crippen LogP contribution in [0, 0.1) is 0 Å². The van der Waals surface area contributed by atoms with Crippen LogP contribution in [0.2, 0.25) is 0 Å². The normalized spacial score (nSPS) is 40.5. The fraction of sp³-hybridized carbons (Fsp3) is 1.00. The van der Waals surface area contributed by atoms with Gasteiger partial charge in [-0.3, -0.25) is 0 Å². The standard InChI is InChI=1S/C7H15NO2/c1-5-7(8)3-6(10-5)4-9-2/h5-7H,3-4,8H2,1-2H3/t5-,6?,7-/m0/s1. The molecule has 0 aromatic carbocycles. The lowest BCUT2D eigenvalue weighted by molar-refractivity contribution is 0.00412. The van der Waals surface area contributed by atoms with Crippen LogP contribution in [0.4, 0.5) is 0 Å². The summed E-state index contributed by atoms with van der Waals surface area (Å²) in [7, 11) is 1.68. The van der Waals surface area contributed by atoms with E-state index >= 15 is 0 Å². The summed E-state index contributed by atoms with van der Waals surface area (Å²) < 4.78 is 10.4. The topological polar surface area (TPSA) is 44.5 Å². The first kappa shape index (κ1) is 7.98. The van der Waals surface area contributed by atoms with Crippen LogP contribution in [0.3, 0.4) is 0 Å². The van der Waals surface area contributed by atoms with Crippen molar-refractivity contribution in [3.63, 3.8) is 0 Å². The Balaban J connectivity index is 2.27. The first-order valence-electron chi connectivity index (χ1n) is 3.64. The molecule has 1 saturated heterocycles. The Morgan fingerprint density at radius 1 is 1.70 bits per heavy atom. The molecule has 2 N–H and O–H groups in total. The van der Waals surface area contributed by atoms with Crippen LogP contribution in [0.15, 0.2) is 0 Å². The molecule has 60 valence electrons. The van der Waals surface area contributed by atoms with E-state index < -0.39 is 0 Å². The van der Waals surface area contributed by atoms with Gasteiger partial charge in [0.2, 0.25) is 0 Å². The van der Waals surface area contributed by atoms with Crippen LogP contribution < -0.4 is 5.73 Å². The third kappa shape index (κ3) is 1.68. The lowest BCUT2D eigenvalue weighted by Gasteiger charge is -2.08. The molecule has 1 aliphatic heterocycles. The number of nitrogens with two attached hydrogens (primary N) is 1. The molecular weight excluding hydrogens is 130 g/mol. The Morgan fingerprint density at radius 3 is 2.80 bits per heavy atom. The quantitative estimate of drug-likeness (QED) is 0.601. The van der Waals surface area contributed by atoms with Crippen molar-refractivity contribution in [2.24, 2.45) is 5.73 Å². The van der Waals surface area contributed by atoms with Gasteiger partial charge in [0, 0.05) is 13.2 Å². The number of hydrogen-bond donors (Lipinski definition) is 1. The van der Waals surface area contributed by atoms with Gasteiger partial charge in [0.25, 0.3) is 0 Å². The largest absolute Gasteiger partial charge is 0.382 e. The molecule has 3 heteroatoms. The molecule has 10 heavy (non-hydrogen) atoms. The molecule has 3 atom stereocenters. The summed E-state index contributed by atoms with van der Waals surface area (Å²) in [6, 6.07) is 0.195. The van der Waals surface area contributed by atoms with Crippen molar-refractivity contribution in [2.45, 2.75) is 31.6 Å². The number of rotatable bonds is 2. The highest BCUT2D eigenvalue weighted by molar-refractivity contribution is 4.81. The molecule has 0 spiro atoms. The summed E-state index contributed by atoms with van der Waals surface area (Å²) in [6.45, 7) is 2.67. The van der Waals surface area contributed by atoms with Gasteiger partial charge in [0.05, 0.1) is 18.8 Å². The van der Waals surface area contributed by atoms with Crippen LogP contribution in [-0.2, 0) is 9.47 Å². The van der Waals surface area contributed by atoms with Gasteiger partial charge in [-0.25, -0.2) is 0 Å². The van der Waals surface area contributed by atoms with Gasteiger partial charge in [-0.05, 0) is 13.3 Å². The maximum absolute atomic E-state index is 5.72. The highest BCUT2D eigenvalue weighted by Gasteiger charge is 2.28. The van der Waals surface area contributed by atoms with Gasteiger partial charge in [-0.2, -0.15) is 0 Å². The van der Waals surface area contributed by atoms with E-state index in [0.29, 0.717) is 6.61 Å². The van der Waals surface area contributed by atoms with Gasteiger partial charge in [0.1, 0.15) is 0 Å². The van der Waals surface area contributed by atoms with Gasteiger partial charge < -0.3 is 15.2 Å². The molecule has 1 heterocycles. The average molecular weight is 145 g/mol. The van der Waals surface area contributed by atoms with Gasteiger partial charge in [-0.15, -0.1) is 0 Å². The second kappa shape index (κ2) is 3.32. The zero-order valence-electron chi connectivity index (χ0n) is 6.54. The predicted octanol–water partition coefficient (Wildman–Crippen LogP) is 0.138. The summed E-state index contributed by atoms with van der Waals surface area (Å²) in [5.74, 6) is 0. The molecule has 0 amide bonds. The number of methoxy groups -OCH3 is 1. The fourth-order valence-corrected chi connectivity index (χ4v) is 1.25. The van der Waals surface area contributed by atoms with Crippen LogP contribution in [0.1, 0.15) is 13.3 Å². The molecule has 3 nitrogen and oxygen atoms in total. The molecule has 1 aliphatic rings. The summed E-state index contributed by atoms with van der Waals surface area (Å²) in [5.41, 5.74) is 5.72. The lowest BCUT2D eigenvalue weighted by atomic mass is 10.1. The Morgan fingerprint density at radius 2 is 2.40 bits per heavy atom. The maximum Gasteiger partial charge on any atom is 0.0828 e. The molecule has 1 unspecified atom stereocenters. The fourth-order valence-electron chi connectivity index (χ4n) is 1.25. The highest BCUT2D eigenvalue weighted by Crippen LogP contribution is 2.17. The van der Waals surface area contributed by atoms with E-state index in [2.05, 4.69) is 0 Å². The van der Waals surface area contributed by atoms with Crippen molar-refractivity contribution >= 4 is 0 Å². The van der Waals surface area contributed by atoms with Crippen molar-refractivity contribution in [3.8, 4) is 0 Å². The Labute approximate surface area is 61.5 Å². The average Bonchev–Trinajstić information content (AvgIpc) is 2.14. The van der Waals surface area contributed by atoms with E-state index in [-0.39, 0.29) is 18.2 Å². The highest BCUT2D eigenvalue weighted by atomic mass is 16.5. The second-order valence-corrected chi connectivity index (χ2v) is 2.82. The van der Waals surface area contributed by atoms with E-state index in [4.69, 9.17) is 15.2 Å². The number of hydrogen-bond acceptors (Lipinski definition) is 3. The third-order valence-electron chi connectivity index (χ3n) is 1.90. The van der Waals surface area contributed by atoms with E-state index in [9.17, 15) is 0 Å². The maximum atomic E-state index is 5.72. The summed E-state index contributed by atoms with van der Waals surface area (Å²) in [6.07, 6.45) is 1.34. The van der Waals surface area contributed by atoms with E-state index in [1.807, 2.05) is 6.92 Å². The van der Waals surface area contributed by atoms with E-state index in [1.54, 1.807) is 7.11 Å². The molecule has 0 bridgehead atoms. The van der Waals surface area contributed by atoms with Gasteiger partial charge in [-0.1, -0.05) is 0 Å². The summed E-state index contributed by atoms with van der Waals surface area (Å²) >= 11 is 0. The van der Waals surface area contributed by atoms with Crippen molar-refractivity contribution < 1.29 is 9.47 Å². The first-order chi connectivity index (χ1) is 4.74. The molecular formula is C7H15NO2. The van der Waals surface area contributed by atoms with Crippen LogP contribution in [0.25, 0.3) is 0 Å². The third-order valence-corrected chi connectivity index (χ3v) is 1.90. The smallest absolute Gasteiger partial charge is 0.0828 e. The minimum Gasteiger partial charge on any atom is -0.382 e. The minimum atomic E-state index is 0.195. The molecule has 0 aromatic rings. The van der Waals surface area contributed by atoms with Crippen LogP contribution >= 0.6 is 0 Å². The van der Waals surface area contributed by atoms with Gasteiger partial charge >= 0.3 is 0 Å². The zero-order chi connectivity index (χ0) is 7.56. The van der Waals surface area contributed by atoms with Crippen molar-refractivity contribution in [1.29, 1.82) is 0 Å². The number of ether oxygens (including phenoxy) is 2. The lowest BCUT2D eigenvalue weighted by Crippen LogP contribution is -2.26. The Hall–Kier alpha value is -0.120. The molecule has 1 fully saturated rings. The van der Waals surface area contributed by atoms with E-state index in [1.165, 1.54) is 0 Å². The summed E-state index contributed by atoms with van der Waals surface area (Å²) in [4.78, 5) is 0. The second-order valence-electron chi connectivity index (χ2n) is 2.82. The molecule has 0 aliphatic carbocycles. The van der Waals surface area contributed by atoms with Crippen molar-refractivity contribution in [3.05, 3.63) is 0 Å². The van der Waals surface area contributed by atoms with Crippen LogP contribution in [0.5, 0.6) is 0 Å². The Kier molecular flexibility index (Phi) is 2.65. The molecule has 1 rings (SSSR count). The van der Waals surface area contributed by atoms with E-state index in [0.717, 1.165) is 6.42 Å². The SMILES string of the molecule is COCC1C[C@H](N)[C@H](C)O1. The first-order valence-corrected chi connectivity index (χ1v) is 3.64. The van der Waals surface area contributed by atoms with Crippen LogP contribution in [-0.4, -0.2) is 32.0 Å². The molecule has 0 radical (unpaired) electrons. The molecule has 0 aromatic heterocycles. The monoisotopic (exact) mass is 145 g/mol. The van der Waals surface area contributed by atoms with Gasteiger partial charge in [0.15, 0.2) is 0 Å². The minimum absolute atomic E-state index is 0.195. The Bertz CT molecular complexity index is 97.8. The molecule has 0 saturated carbocycles. The van der Waals surface area contributed by atoms with Crippen molar-refractivity contribution in [1.82, 2.24) is 0 Å². The predicted molar refractivity (Wildman–Crippen MR) is 38.8 cm³/mol. The summed E-state index contributed by atoms with van der Waals surface area (Å²) in [5, 5.41) is 0. The zero-order valence-corrected chi connectivity index (χ0v) is 6.54. The van der Waals surface area contributed by atoms with Crippen molar-refractivity contribution in [2.75, 3.05) is 13.7 Å².